The Labute approximate surface area is 124 Å². The third kappa shape index (κ3) is 3.58. The summed E-state index contributed by atoms with van der Waals surface area (Å²) in [7, 11) is -3.30. The minimum atomic E-state index is -3.30. The second-order valence-electron chi connectivity index (χ2n) is 5.17. The Kier molecular flexibility index (Phi) is 5.03. The fraction of sp³-hybridized carbons (Fsp3) is 0.571. The number of aryl methyl sites for hydroxylation is 1. The quantitative estimate of drug-likeness (QED) is 0.786. The second-order valence-corrected chi connectivity index (χ2v) is 7.90. The molecule has 1 aliphatic heterocycles. The molecule has 1 saturated heterocycles. The molecule has 0 aromatic heterocycles. The lowest BCUT2D eigenvalue weighted by Gasteiger charge is -2.29. The summed E-state index contributed by atoms with van der Waals surface area (Å²) in [6.45, 7) is 3.47. The van der Waals surface area contributed by atoms with Crippen LogP contribution < -0.4 is 0 Å². The van der Waals surface area contributed by atoms with Crippen molar-refractivity contribution in [3.63, 3.8) is 0 Å². The van der Waals surface area contributed by atoms with Crippen LogP contribution in [0.3, 0.4) is 0 Å². The van der Waals surface area contributed by atoms with Gasteiger partial charge in [-0.1, -0.05) is 35.0 Å². The lowest BCUT2D eigenvalue weighted by atomic mass is 10.0. The summed E-state index contributed by atoms with van der Waals surface area (Å²) in [5.74, 6) is 0.632. The number of piperidine rings is 1. The SMILES string of the molecule is CC1CCN(S(=O)(=O)c2ccc(CCBr)cc2)CC1. The molecule has 106 valence electrons. The van der Waals surface area contributed by atoms with E-state index in [1.807, 2.05) is 12.1 Å². The Hall–Kier alpha value is -0.390. The molecule has 0 radical (unpaired) electrons. The number of hydrogen-bond acceptors (Lipinski definition) is 2. The van der Waals surface area contributed by atoms with Gasteiger partial charge in [-0.15, -0.1) is 0 Å². The number of benzene rings is 1. The van der Waals surface area contributed by atoms with E-state index in [0.29, 0.717) is 23.9 Å². The van der Waals surface area contributed by atoms with Crippen LogP contribution in [-0.2, 0) is 16.4 Å². The van der Waals surface area contributed by atoms with E-state index in [-0.39, 0.29) is 0 Å². The molecule has 0 aliphatic carbocycles. The monoisotopic (exact) mass is 345 g/mol. The third-order valence-corrected chi connectivity index (χ3v) is 6.00. The second kappa shape index (κ2) is 6.37. The van der Waals surface area contributed by atoms with Crippen LogP contribution in [0.25, 0.3) is 0 Å². The highest BCUT2D eigenvalue weighted by molar-refractivity contribution is 9.09. The van der Waals surface area contributed by atoms with Gasteiger partial charge in [-0.25, -0.2) is 8.42 Å². The molecule has 0 amide bonds. The highest BCUT2D eigenvalue weighted by Crippen LogP contribution is 2.23. The van der Waals surface area contributed by atoms with Crippen molar-refractivity contribution in [1.29, 1.82) is 0 Å². The van der Waals surface area contributed by atoms with Crippen LogP contribution in [-0.4, -0.2) is 31.1 Å². The van der Waals surface area contributed by atoms with Gasteiger partial charge in [0.2, 0.25) is 10.0 Å². The largest absolute Gasteiger partial charge is 0.243 e. The van der Waals surface area contributed by atoms with Gasteiger partial charge in [-0.3, -0.25) is 0 Å². The zero-order valence-electron chi connectivity index (χ0n) is 11.2. The predicted molar refractivity (Wildman–Crippen MR) is 81.1 cm³/mol. The first-order valence-electron chi connectivity index (χ1n) is 6.69. The van der Waals surface area contributed by atoms with Crippen molar-refractivity contribution in [2.24, 2.45) is 5.92 Å². The maximum atomic E-state index is 12.5. The first-order valence-corrected chi connectivity index (χ1v) is 9.25. The average Bonchev–Trinajstić information content (AvgIpc) is 2.40. The van der Waals surface area contributed by atoms with Crippen molar-refractivity contribution in [2.45, 2.75) is 31.1 Å². The third-order valence-electron chi connectivity index (χ3n) is 3.69. The maximum absolute atomic E-state index is 12.5. The van der Waals surface area contributed by atoms with Gasteiger partial charge in [0.1, 0.15) is 0 Å². The molecular weight excluding hydrogens is 326 g/mol. The number of nitrogens with zero attached hydrogens (tertiary/aromatic N) is 1. The minimum absolute atomic E-state index is 0.417. The van der Waals surface area contributed by atoms with Crippen LogP contribution in [0.4, 0.5) is 0 Å². The van der Waals surface area contributed by atoms with E-state index < -0.39 is 10.0 Å². The normalized spacial score (nSPS) is 18.6. The van der Waals surface area contributed by atoms with Crippen molar-refractivity contribution < 1.29 is 8.42 Å². The van der Waals surface area contributed by atoms with Gasteiger partial charge in [0.15, 0.2) is 0 Å². The summed E-state index contributed by atoms with van der Waals surface area (Å²) in [5, 5.41) is 0.892. The number of halogens is 1. The standard InChI is InChI=1S/C14H20BrNO2S/c1-12-7-10-16(11-8-12)19(17,18)14-4-2-13(3-5-14)6-9-15/h2-5,12H,6-11H2,1H3. The van der Waals surface area contributed by atoms with Gasteiger partial charge >= 0.3 is 0 Å². The van der Waals surface area contributed by atoms with Crippen molar-refractivity contribution >= 4 is 26.0 Å². The fourth-order valence-corrected chi connectivity index (χ4v) is 4.24. The maximum Gasteiger partial charge on any atom is 0.243 e. The molecule has 0 bridgehead atoms. The minimum Gasteiger partial charge on any atom is -0.207 e. The Morgan fingerprint density at radius 3 is 2.32 bits per heavy atom. The molecule has 0 spiro atoms. The van der Waals surface area contributed by atoms with Crippen LogP contribution in [0.1, 0.15) is 25.3 Å². The molecular formula is C14H20BrNO2S. The van der Waals surface area contributed by atoms with Gasteiger partial charge in [0.25, 0.3) is 0 Å². The van der Waals surface area contributed by atoms with Gasteiger partial charge in [-0.2, -0.15) is 4.31 Å². The van der Waals surface area contributed by atoms with Crippen molar-refractivity contribution in [3.05, 3.63) is 29.8 Å². The molecule has 2 rings (SSSR count). The highest BCUT2D eigenvalue weighted by atomic mass is 79.9. The highest BCUT2D eigenvalue weighted by Gasteiger charge is 2.27. The first kappa shape index (κ1) is 15.0. The Morgan fingerprint density at radius 2 is 1.79 bits per heavy atom. The predicted octanol–water partition coefficient (Wildman–Crippen LogP) is 3.04. The molecule has 0 atom stereocenters. The van der Waals surface area contributed by atoms with E-state index in [0.717, 1.165) is 30.2 Å². The zero-order chi connectivity index (χ0) is 13.9. The van der Waals surface area contributed by atoms with E-state index in [1.165, 1.54) is 0 Å². The molecule has 1 aliphatic rings. The van der Waals surface area contributed by atoms with E-state index in [2.05, 4.69) is 22.9 Å². The van der Waals surface area contributed by atoms with E-state index in [4.69, 9.17) is 0 Å². The van der Waals surface area contributed by atoms with Crippen LogP contribution in [0.2, 0.25) is 0 Å². The van der Waals surface area contributed by atoms with Crippen molar-refractivity contribution in [3.8, 4) is 0 Å². The lowest BCUT2D eigenvalue weighted by molar-refractivity contribution is 0.288. The van der Waals surface area contributed by atoms with Crippen molar-refractivity contribution in [2.75, 3.05) is 18.4 Å². The molecule has 19 heavy (non-hydrogen) atoms. The van der Waals surface area contributed by atoms with Crippen LogP contribution in [0.5, 0.6) is 0 Å². The summed E-state index contributed by atoms with van der Waals surface area (Å²) < 4.78 is 26.6. The van der Waals surface area contributed by atoms with E-state index >= 15 is 0 Å². The summed E-state index contributed by atoms with van der Waals surface area (Å²) in [6, 6.07) is 7.26. The lowest BCUT2D eigenvalue weighted by Crippen LogP contribution is -2.37. The fourth-order valence-electron chi connectivity index (χ4n) is 2.31. The van der Waals surface area contributed by atoms with Crippen LogP contribution in [0, 0.1) is 5.92 Å². The summed E-state index contributed by atoms with van der Waals surface area (Å²) in [4.78, 5) is 0.417. The average molecular weight is 346 g/mol. The Balaban J connectivity index is 2.15. The van der Waals surface area contributed by atoms with Gasteiger partial charge in [0, 0.05) is 18.4 Å². The van der Waals surface area contributed by atoms with Gasteiger partial charge in [0.05, 0.1) is 4.90 Å². The summed E-state index contributed by atoms with van der Waals surface area (Å²) in [5.41, 5.74) is 1.16. The van der Waals surface area contributed by atoms with E-state index in [9.17, 15) is 8.42 Å². The van der Waals surface area contributed by atoms with Gasteiger partial charge in [-0.05, 0) is 42.9 Å². The molecule has 0 saturated carbocycles. The molecule has 0 unspecified atom stereocenters. The van der Waals surface area contributed by atoms with Crippen LogP contribution >= 0.6 is 15.9 Å². The topological polar surface area (TPSA) is 37.4 Å². The molecule has 0 N–H and O–H groups in total. The molecule has 1 aromatic rings. The molecule has 1 heterocycles. The smallest absolute Gasteiger partial charge is 0.207 e. The molecule has 1 fully saturated rings. The number of alkyl halides is 1. The summed E-state index contributed by atoms with van der Waals surface area (Å²) >= 11 is 3.39. The summed E-state index contributed by atoms with van der Waals surface area (Å²) in [6.07, 6.45) is 2.84. The van der Waals surface area contributed by atoms with Crippen LogP contribution in [0.15, 0.2) is 29.2 Å². The number of hydrogen-bond donors (Lipinski definition) is 0. The van der Waals surface area contributed by atoms with Gasteiger partial charge < -0.3 is 0 Å². The van der Waals surface area contributed by atoms with Crippen molar-refractivity contribution in [1.82, 2.24) is 4.31 Å². The molecule has 1 aromatic carbocycles. The molecule has 5 heteroatoms. The Bertz CT molecular complexity index is 505. The molecule has 3 nitrogen and oxygen atoms in total. The zero-order valence-corrected chi connectivity index (χ0v) is 13.6. The Morgan fingerprint density at radius 1 is 1.21 bits per heavy atom. The first-order chi connectivity index (χ1) is 9.04. The number of rotatable bonds is 4. The van der Waals surface area contributed by atoms with E-state index in [1.54, 1.807) is 16.4 Å². The number of sulfonamides is 1.